The Balaban J connectivity index is 1.94. The van der Waals surface area contributed by atoms with E-state index < -0.39 is 0 Å². The third-order valence-corrected chi connectivity index (χ3v) is 3.75. The Labute approximate surface area is 120 Å². The lowest BCUT2D eigenvalue weighted by molar-refractivity contribution is -0.141. The van der Waals surface area contributed by atoms with Gasteiger partial charge in [-0.1, -0.05) is 20.8 Å². The van der Waals surface area contributed by atoms with Crippen molar-refractivity contribution in [2.75, 3.05) is 20.1 Å². The first-order chi connectivity index (χ1) is 9.38. The van der Waals surface area contributed by atoms with Gasteiger partial charge in [-0.25, -0.2) is 0 Å². The normalized spacial score (nSPS) is 20.9. The second-order valence-corrected chi connectivity index (χ2v) is 6.53. The van der Waals surface area contributed by atoms with Crippen molar-refractivity contribution in [3.05, 3.63) is 12.3 Å². The van der Waals surface area contributed by atoms with Crippen LogP contribution in [0, 0.1) is 5.41 Å². The maximum Gasteiger partial charge on any atom is 0.230 e. The highest BCUT2D eigenvalue weighted by Gasteiger charge is 2.32. The van der Waals surface area contributed by atoms with Crippen molar-refractivity contribution < 1.29 is 9.21 Å². The lowest BCUT2D eigenvalue weighted by atomic mass is 9.93. The molecular weight excluding hydrogens is 256 g/mol. The third kappa shape index (κ3) is 3.56. The van der Waals surface area contributed by atoms with Crippen LogP contribution in [0.5, 0.6) is 0 Å². The summed E-state index contributed by atoms with van der Waals surface area (Å²) in [6, 6.07) is 0.262. The van der Waals surface area contributed by atoms with Crippen molar-refractivity contribution in [2.45, 2.75) is 46.2 Å². The highest BCUT2D eigenvalue weighted by molar-refractivity contribution is 5.81. The molecule has 1 aliphatic rings. The molecule has 1 unspecified atom stereocenters. The average molecular weight is 280 g/mol. The first-order valence-corrected chi connectivity index (χ1v) is 7.12. The minimum atomic E-state index is -0.330. The summed E-state index contributed by atoms with van der Waals surface area (Å²) in [4.78, 5) is 16.5. The number of carbonyl (C=O) groups is 1. The lowest BCUT2D eigenvalue weighted by Crippen LogP contribution is -2.50. The fourth-order valence-electron chi connectivity index (χ4n) is 2.64. The third-order valence-electron chi connectivity index (χ3n) is 3.75. The number of aromatic nitrogens is 2. The molecule has 1 fully saturated rings. The van der Waals surface area contributed by atoms with E-state index in [4.69, 9.17) is 4.42 Å². The van der Waals surface area contributed by atoms with Crippen molar-refractivity contribution in [1.82, 2.24) is 20.0 Å². The lowest BCUT2D eigenvalue weighted by Gasteiger charge is -2.39. The molecule has 0 saturated carbocycles. The quantitative estimate of drug-likeness (QED) is 0.840. The molecule has 1 amide bonds. The van der Waals surface area contributed by atoms with Crippen LogP contribution in [-0.2, 0) is 11.3 Å². The summed E-state index contributed by atoms with van der Waals surface area (Å²) < 4.78 is 5.19. The van der Waals surface area contributed by atoms with Crippen LogP contribution in [0.3, 0.4) is 0 Å². The largest absolute Gasteiger partial charge is 0.427 e. The molecule has 112 valence electrons. The minimum Gasteiger partial charge on any atom is -0.427 e. The van der Waals surface area contributed by atoms with Crippen LogP contribution in [0.25, 0.3) is 0 Å². The van der Waals surface area contributed by atoms with Gasteiger partial charge in [0, 0.05) is 25.0 Å². The van der Waals surface area contributed by atoms with E-state index in [2.05, 4.69) is 15.1 Å². The first kappa shape index (κ1) is 15.0. The van der Waals surface area contributed by atoms with Gasteiger partial charge in [0.1, 0.15) is 0 Å². The van der Waals surface area contributed by atoms with Gasteiger partial charge in [-0.05, 0) is 19.4 Å². The molecular formula is C14H24N4O2. The van der Waals surface area contributed by atoms with Gasteiger partial charge in [-0.3, -0.25) is 9.69 Å². The van der Waals surface area contributed by atoms with Crippen molar-refractivity contribution in [1.29, 1.82) is 0 Å². The molecule has 6 heteroatoms. The summed E-state index contributed by atoms with van der Waals surface area (Å²) >= 11 is 0. The molecule has 0 aliphatic carbocycles. The summed E-state index contributed by atoms with van der Waals surface area (Å²) in [7, 11) is 1.91. The van der Waals surface area contributed by atoms with Gasteiger partial charge < -0.3 is 9.32 Å². The Bertz CT molecular complexity index is 439. The van der Waals surface area contributed by atoms with E-state index in [1.165, 1.54) is 6.39 Å². The highest BCUT2D eigenvalue weighted by atomic mass is 16.4. The van der Waals surface area contributed by atoms with Crippen molar-refractivity contribution in [2.24, 2.45) is 5.41 Å². The topological polar surface area (TPSA) is 62.5 Å². The molecule has 0 aromatic carbocycles. The van der Waals surface area contributed by atoms with Crippen LogP contribution in [0.2, 0.25) is 0 Å². The van der Waals surface area contributed by atoms with Gasteiger partial charge in [0.2, 0.25) is 18.2 Å². The summed E-state index contributed by atoms with van der Waals surface area (Å²) in [6.45, 7) is 8.42. The molecule has 1 atom stereocenters. The van der Waals surface area contributed by atoms with Crippen molar-refractivity contribution in [3.63, 3.8) is 0 Å². The molecule has 6 nitrogen and oxygen atoms in total. The van der Waals surface area contributed by atoms with Crippen LogP contribution < -0.4 is 0 Å². The molecule has 0 bridgehead atoms. The van der Waals surface area contributed by atoms with E-state index in [0.29, 0.717) is 12.4 Å². The van der Waals surface area contributed by atoms with Gasteiger partial charge in [0.15, 0.2) is 0 Å². The molecule has 1 aromatic heterocycles. The number of nitrogens with zero attached hydrogens (tertiary/aromatic N) is 4. The van der Waals surface area contributed by atoms with E-state index in [-0.39, 0.29) is 17.4 Å². The summed E-state index contributed by atoms with van der Waals surface area (Å²) in [5, 5.41) is 7.61. The summed E-state index contributed by atoms with van der Waals surface area (Å²) in [6.07, 6.45) is 3.49. The molecule has 1 aliphatic heterocycles. The molecule has 0 radical (unpaired) electrons. The van der Waals surface area contributed by atoms with Crippen LogP contribution in [0.4, 0.5) is 0 Å². The first-order valence-electron chi connectivity index (χ1n) is 7.12. The fourth-order valence-corrected chi connectivity index (χ4v) is 2.64. The highest BCUT2D eigenvalue weighted by Crippen LogP contribution is 2.22. The van der Waals surface area contributed by atoms with E-state index in [0.717, 1.165) is 25.9 Å². The van der Waals surface area contributed by atoms with Gasteiger partial charge in [-0.2, -0.15) is 0 Å². The van der Waals surface area contributed by atoms with E-state index >= 15 is 0 Å². The monoisotopic (exact) mass is 280 g/mol. The van der Waals surface area contributed by atoms with Gasteiger partial charge in [0.05, 0.1) is 6.54 Å². The predicted molar refractivity (Wildman–Crippen MR) is 74.8 cm³/mol. The van der Waals surface area contributed by atoms with Gasteiger partial charge in [0.25, 0.3) is 0 Å². The van der Waals surface area contributed by atoms with Crippen molar-refractivity contribution in [3.8, 4) is 0 Å². The molecule has 1 saturated heterocycles. The number of likely N-dealkylation sites (N-methyl/N-ethyl adjacent to an activating group) is 1. The SMILES string of the molecule is CN(C(=O)C(C)(C)C)C1CCCN(Cc2nnco2)C1. The Morgan fingerprint density at radius 3 is 2.90 bits per heavy atom. The van der Waals surface area contributed by atoms with Crippen LogP contribution in [-0.4, -0.2) is 52.1 Å². The van der Waals surface area contributed by atoms with Crippen LogP contribution >= 0.6 is 0 Å². The Hall–Kier alpha value is -1.43. The number of likely N-dealkylation sites (tertiary alicyclic amines) is 1. The fraction of sp³-hybridized carbons (Fsp3) is 0.786. The Morgan fingerprint density at radius 2 is 2.30 bits per heavy atom. The molecule has 1 aromatic rings. The smallest absolute Gasteiger partial charge is 0.230 e. The number of amides is 1. The number of rotatable bonds is 3. The van der Waals surface area contributed by atoms with Crippen molar-refractivity contribution >= 4 is 5.91 Å². The second kappa shape index (κ2) is 5.91. The average Bonchev–Trinajstić information content (AvgIpc) is 2.89. The van der Waals surface area contributed by atoms with Gasteiger partial charge in [-0.15, -0.1) is 10.2 Å². The Morgan fingerprint density at radius 1 is 1.55 bits per heavy atom. The molecule has 0 N–H and O–H groups in total. The number of piperidine rings is 1. The van der Waals surface area contributed by atoms with E-state index in [1.807, 2.05) is 32.7 Å². The predicted octanol–water partition coefficient (Wildman–Crippen LogP) is 1.54. The Kier molecular flexibility index (Phi) is 4.42. The van der Waals surface area contributed by atoms with Crippen LogP contribution in [0.1, 0.15) is 39.5 Å². The van der Waals surface area contributed by atoms with Crippen LogP contribution in [0.15, 0.2) is 10.8 Å². The molecule has 2 heterocycles. The minimum absolute atomic E-state index is 0.196. The maximum absolute atomic E-state index is 12.4. The number of hydrogen-bond donors (Lipinski definition) is 0. The standard InChI is InChI=1S/C14H24N4O2/c1-14(2,3)13(19)17(4)11-6-5-7-18(8-11)9-12-16-15-10-20-12/h10-11H,5-9H2,1-4H3. The molecule has 20 heavy (non-hydrogen) atoms. The second-order valence-electron chi connectivity index (χ2n) is 6.53. The summed E-state index contributed by atoms with van der Waals surface area (Å²) in [5.74, 6) is 0.831. The maximum atomic E-state index is 12.4. The summed E-state index contributed by atoms with van der Waals surface area (Å²) in [5.41, 5.74) is -0.330. The zero-order chi connectivity index (χ0) is 14.8. The van der Waals surface area contributed by atoms with E-state index in [9.17, 15) is 4.79 Å². The zero-order valence-electron chi connectivity index (χ0n) is 12.8. The van der Waals surface area contributed by atoms with E-state index in [1.54, 1.807) is 0 Å². The number of hydrogen-bond acceptors (Lipinski definition) is 5. The number of carbonyl (C=O) groups excluding carboxylic acids is 1. The van der Waals surface area contributed by atoms with Gasteiger partial charge >= 0.3 is 0 Å². The zero-order valence-corrected chi connectivity index (χ0v) is 12.8. The molecule has 0 spiro atoms. The molecule has 2 rings (SSSR count).